The van der Waals surface area contributed by atoms with Crippen LogP contribution in [0.1, 0.15) is 27.2 Å². The van der Waals surface area contributed by atoms with E-state index in [2.05, 4.69) is 5.32 Å². The standard InChI is InChI=1S/C19H22N2O3/c1-12-8-13(2)21(3)19(23)17(12)18(22)20-10-14-9-15-6-4-5-7-16(15)24-11-14/h4-8,14H,9-11H2,1-3H3,(H,20,22). The number of para-hydroxylation sites is 1. The fourth-order valence-electron chi connectivity index (χ4n) is 3.10. The Bertz CT molecular complexity index is 839. The number of pyridine rings is 1. The number of benzene rings is 1. The SMILES string of the molecule is Cc1cc(C)n(C)c(=O)c1C(=O)NCC1COc2ccccc2C1. The molecule has 0 spiro atoms. The van der Waals surface area contributed by atoms with Crippen molar-refractivity contribution in [3.8, 4) is 5.75 Å². The maximum atomic E-state index is 12.5. The fourth-order valence-corrected chi connectivity index (χ4v) is 3.10. The molecule has 2 heterocycles. The normalized spacial score (nSPS) is 16.2. The van der Waals surface area contributed by atoms with Crippen LogP contribution in [0.25, 0.3) is 0 Å². The van der Waals surface area contributed by atoms with Crippen LogP contribution in [0.5, 0.6) is 5.75 Å². The minimum atomic E-state index is -0.313. The molecule has 5 heteroatoms. The molecule has 1 N–H and O–H groups in total. The second-order valence-electron chi connectivity index (χ2n) is 6.41. The average Bonchev–Trinajstić information content (AvgIpc) is 2.58. The van der Waals surface area contributed by atoms with Crippen LogP contribution in [-0.4, -0.2) is 23.6 Å². The molecule has 2 aromatic rings. The lowest BCUT2D eigenvalue weighted by Crippen LogP contribution is -2.38. The van der Waals surface area contributed by atoms with E-state index < -0.39 is 0 Å². The smallest absolute Gasteiger partial charge is 0.263 e. The zero-order valence-electron chi connectivity index (χ0n) is 14.3. The lowest BCUT2D eigenvalue weighted by molar-refractivity contribution is 0.0936. The van der Waals surface area contributed by atoms with E-state index in [9.17, 15) is 9.59 Å². The number of ether oxygens (including phenoxy) is 1. The summed E-state index contributed by atoms with van der Waals surface area (Å²) in [5.41, 5.74) is 2.67. The van der Waals surface area contributed by atoms with Gasteiger partial charge in [-0.2, -0.15) is 0 Å². The summed E-state index contributed by atoms with van der Waals surface area (Å²) in [4.78, 5) is 24.8. The Labute approximate surface area is 141 Å². The number of hydrogen-bond donors (Lipinski definition) is 1. The third-order valence-corrected chi connectivity index (χ3v) is 4.60. The Hall–Kier alpha value is -2.56. The first-order valence-corrected chi connectivity index (χ1v) is 8.13. The van der Waals surface area contributed by atoms with Crippen molar-refractivity contribution in [1.82, 2.24) is 9.88 Å². The van der Waals surface area contributed by atoms with Gasteiger partial charge in [-0.15, -0.1) is 0 Å². The van der Waals surface area contributed by atoms with E-state index in [1.54, 1.807) is 14.0 Å². The molecule has 1 aromatic heterocycles. The van der Waals surface area contributed by atoms with Crippen molar-refractivity contribution >= 4 is 5.91 Å². The van der Waals surface area contributed by atoms with Crippen LogP contribution < -0.4 is 15.6 Å². The van der Waals surface area contributed by atoms with Crippen LogP contribution in [0, 0.1) is 19.8 Å². The van der Waals surface area contributed by atoms with Gasteiger partial charge in [0.2, 0.25) is 0 Å². The first-order chi connectivity index (χ1) is 11.5. The van der Waals surface area contributed by atoms with Gasteiger partial charge in [-0.1, -0.05) is 18.2 Å². The monoisotopic (exact) mass is 326 g/mol. The lowest BCUT2D eigenvalue weighted by atomic mass is 9.96. The summed E-state index contributed by atoms with van der Waals surface area (Å²) in [5, 5.41) is 2.90. The molecule has 1 atom stereocenters. The summed E-state index contributed by atoms with van der Waals surface area (Å²) >= 11 is 0. The Balaban J connectivity index is 1.69. The molecule has 1 amide bonds. The largest absolute Gasteiger partial charge is 0.493 e. The zero-order valence-corrected chi connectivity index (χ0v) is 14.3. The molecule has 0 saturated heterocycles. The summed E-state index contributed by atoms with van der Waals surface area (Å²) in [7, 11) is 1.68. The van der Waals surface area contributed by atoms with Gasteiger partial charge < -0.3 is 14.6 Å². The summed E-state index contributed by atoms with van der Waals surface area (Å²) in [6.07, 6.45) is 0.862. The quantitative estimate of drug-likeness (QED) is 0.938. The van der Waals surface area contributed by atoms with Crippen molar-refractivity contribution < 1.29 is 9.53 Å². The van der Waals surface area contributed by atoms with Crippen LogP contribution in [-0.2, 0) is 13.5 Å². The van der Waals surface area contributed by atoms with Crippen LogP contribution in [0.15, 0.2) is 35.1 Å². The second kappa shape index (κ2) is 6.51. The highest BCUT2D eigenvalue weighted by molar-refractivity contribution is 5.95. The number of hydrogen-bond acceptors (Lipinski definition) is 3. The number of carbonyl (C=O) groups is 1. The van der Waals surface area contributed by atoms with Gasteiger partial charge in [0.05, 0.1) is 6.61 Å². The van der Waals surface area contributed by atoms with Crippen molar-refractivity contribution in [2.45, 2.75) is 20.3 Å². The van der Waals surface area contributed by atoms with Gasteiger partial charge in [-0.3, -0.25) is 9.59 Å². The number of aryl methyl sites for hydroxylation is 2. The minimum Gasteiger partial charge on any atom is -0.493 e. The zero-order chi connectivity index (χ0) is 17.3. The molecule has 0 aliphatic carbocycles. The molecular weight excluding hydrogens is 304 g/mol. The number of fused-ring (bicyclic) bond motifs is 1. The van der Waals surface area contributed by atoms with Gasteiger partial charge >= 0.3 is 0 Å². The molecule has 24 heavy (non-hydrogen) atoms. The van der Waals surface area contributed by atoms with Crippen LogP contribution >= 0.6 is 0 Å². The van der Waals surface area contributed by atoms with Crippen molar-refractivity contribution in [3.63, 3.8) is 0 Å². The van der Waals surface area contributed by atoms with Crippen LogP contribution in [0.4, 0.5) is 0 Å². The van der Waals surface area contributed by atoms with Gasteiger partial charge in [-0.05, 0) is 43.5 Å². The molecule has 1 unspecified atom stereocenters. The summed E-state index contributed by atoms with van der Waals surface area (Å²) < 4.78 is 7.24. The van der Waals surface area contributed by atoms with E-state index in [-0.39, 0.29) is 22.9 Å². The van der Waals surface area contributed by atoms with Gasteiger partial charge in [0.15, 0.2) is 0 Å². The lowest BCUT2D eigenvalue weighted by Gasteiger charge is -2.25. The molecule has 126 valence electrons. The van der Waals surface area contributed by atoms with Crippen LogP contribution in [0.3, 0.4) is 0 Å². The predicted molar refractivity (Wildman–Crippen MR) is 92.6 cm³/mol. The summed E-state index contributed by atoms with van der Waals surface area (Å²) in [5.74, 6) is 0.814. The molecule has 0 radical (unpaired) electrons. The number of rotatable bonds is 3. The van der Waals surface area contributed by atoms with Gasteiger partial charge in [0.1, 0.15) is 11.3 Å². The van der Waals surface area contributed by atoms with Crippen molar-refractivity contribution in [2.75, 3.05) is 13.2 Å². The number of nitrogens with zero attached hydrogens (tertiary/aromatic N) is 1. The molecule has 0 bridgehead atoms. The van der Waals surface area contributed by atoms with Crippen molar-refractivity contribution in [2.24, 2.45) is 13.0 Å². The fraction of sp³-hybridized carbons (Fsp3) is 0.368. The van der Waals surface area contributed by atoms with E-state index in [1.807, 2.05) is 37.3 Å². The minimum absolute atomic E-state index is 0.207. The van der Waals surface area contributed by atoms with E-state index in [0.717, 1.165) is 23.4 Å². The molecule has 3 rings (SSSR count). The molecule has 1 aliphatic heterocycles. The van der Waals surface area contributed by atoms with Crippen molar-refractivity contribution in [1.29, 1.82) is 0 Å². The number of carbonyl (C=O) groups excluding carboxylic acids is 1. The van der Waals surface area contributed by atoms with E-state index >= 15 is 0 Å². The van der Waals surface area contributed by atoms with Crippen LogP contribution in [0.2, 0.25) is 0 Å². The third kappa shape index (κ3) is 3.07. The Kier molecular flexibility index (Phi) is 4.42. The Morgan fingerprint density at radius 2 is 2.08 bits per heavy atom. The maximum absolute atomic E-state index is 12.5. The second-order valence-corrected chi connectivity index (χ2v) is 6.41. The Morgan fingerprint density at radius 1 is 1.33 bits per heavy atom. The third-order valence-electron chi connectivity index (χ3n) is 4.60. The first-order valence-electron chi connectivity index (χ1n) is 8.13. The highest BCUT2D eigenvalue weighted by Crippen LogP contribution is 2.26. The van der Waals surface area contributed by atoms with E-state index in [4.69, 9.17) is 4.74 Å². The first kappa shape index (κ1) is 16.3. The summed E-state index contributed by atoms with van der Waals surface area (Å²) in [6.45, 7) is 4.71. The van der Waals surface area contributed by atoms with E-state index in [0.29, 0.717) is 18.7 Å². The van der Waals surface area contributed by atoms with Gasteiger partial charge in [0.25, 0.3) is 11.5 Å². The molecular formula is C19H22N2O3. The van der Waals surface area contributed by atoms with E-state index in [1.165, 1.54) is 4.57 Å². The maximum Gasteiger partial charge on any atom is 0.263 e. The number of aromatic nitrogens is 1. The van der Waals surface area contributed by atoms with Crippen molar-refractivity contribution in [3.05, 3.63) is 63.1 Å². The predicted octanol–water partition coefficient (Wildman–Crippen LogP) is 1.98. The van der Waals surface area contributed by atoms with Gasteiger partial charge in [-0.25, -0.2) is 0 Å². The highest BCUT2D eigenvalue weighted by Gasteiger charge is 2.22. The average molecular weight is 326 g/mol. The molecule has 1 aliphatic rings. The topological polar surface area (TPSA) is 60.3 Å². The van der Waals surface area contributed by atoms with Gasteiger partial charge in [0, 0.05) is 25.2 Å². The highest BCUT2D eigenvalue weighted by atomic mass is 16.5. The molecule has 0 saturated carbocycles. The molecule has 5 nitrogen and oxygen atoms in total. The molecule has 0 fully saturated rings. The number of amides is 1. The molecule has 1 aromatic carbocycles. The Morgan fingerprint density at radius 3 is 2.88 bits per heavy atom. The number of nitrogens with one attached hydrogen (secondary N) is 1. The summed E-state index contributed by atoms with van der Waals surface area (Å²) in [6, 6.07) is 9.81.